The van der Waals surface area contributed by atoms with E-state index >= 15 is 0 Å². The molecule has 2 amide bonds. The highest BCUT2D eigenvalue weighted by Crippen LogP contribution is 2.07. The number of carbonyl (C=O) groups excluding carboxylic acids is 2. The van der Waals surface area contributed by atoms with Gasteiger partial charge in [-0.05, 0) is 17.7 Å². The monoisotopic (exact) mass is 228 g/mol. The van der Waals surface area contributed by atoms with E-state index < -0.39 is 6.04 Å². The van der Waals surface area contributed by atoms with Crippen molar-refractivity contribution >= 4 is 11.8 Å². The van der Waals surface area contributed by atoms with E-state index in [1.807, 2.05) is 24.3 Å². The van der Waals surface area contributed by atoms with E-state index in [0.717, 1.165) is 11.1 Å². The first kappa shape index (κ1) is 11.2. The van der Waals surface area contributed by atoms with Crippen LogP contribution in [0.5, 0.6) is 0 Å². The van der Waals surface area contributed by atoms with Gasteiger partial charge >= 0.3 is 0 Å². The van der Waals surface area contributed by atoms with Crippen LogP contribution in [0.15, 0.2) is 24.3 Å². The molecule has 1 atom stereocenters. The Morgan fingerprint density at radius 2 is 2.00 bits per heavy atom. The van der Waals surface area contributed by atoms with E-state index in [4.69, 9.17) is 6.42 Å². The Hall–Kier alpha value is -2.28. The van der Waals surface area contributed by atoms with Gasteiger partial charge < -0.3 is 10.6 Å². The van der Waals surface area contributed by atoms with E-state index in [9.17, 15) is 9.59 Å². The first-order valence-electron chi connectivity index (χ1n) is 5.31. The van der Waals surface area contributed by atoms with E-state index in [0.29, 0.717) is 6.42 Å². The number of carbonyl (C=O) groups is 2. The van der Waals surface area contributed by atoms with Gasteiger partial charge in [0.05, 0.1) is 6.54 Å². The van der Waals surface area contributed by atoms with E-state index in [-0.39, 0.29) is 18.4 Å². The molecular formula is C13H12N2O2. The Morgan fingerprint density at radius 1 is 1.29 bits per heavy atom. The van der Waals surface area contributed by atoms with Crippen molar-refractivity contribution in [2.75, 3.05) is 6.54 Å². The van der Waals surface area contributed by atoms with Gasteiger partial charge in [-0.15, -0.1) is 6.42 Å². The molecule has 2 N–H and O–H groups in total. The maximum absolute atomic E-state index is 11.5. The molecule has 0 radical (unpaired) electrons. The molecule has 0 saturated carbocycles. The van der Waals surface area contributed by atoms with Gasteiger partial charge in [0.2, 0.25) is 11.8 Å². The predicted octanol–water partition coefficient (Wildman–Crippen LogP) is -0.175. The number of piperazine rings is 1. The largest absolute Gasteiger partial charge is 0.345 e. The second kappa shape index (κ2) is 4.71. The third-order valence-corrected chi connectivity index (χ3v) is 2.64. The van der Waals surface area contributed by atoms with Crippen LogP contribution >= 0.6 is 0 Å². The molecule has 1 saturated heterocycles. The number of terminal acetylenes is 1. The SMILES string of the molecule is C#Cc1ccc(C[C@@H]2NC(=O)CNC2=O)cc1. The van der Waals surface area contributed by atoms with E-state index in [2.05, 4.69) is 16.6 Å². The highest BCUT2D eigenvalue weighted by molar-refractivity contribution is 5.94. The van der Waals surface area contributed by atoms with Gasteiger partial charge in [-0.1, -0.05) is 18.1 Å². The summed E-state index contributed by atoms with van der Waals surface area (Å²) >= 11 is 0. The third-order valence-electron chi connectivity index (χ3n) is 2.64. The quantitative estimate of drug-likeness (QED) is 0.690. The number of nitrogens with one attached hydrogen (secondary N) is 2. The van der Waals surface area contributed by atoms with Gasteiger partial charge in [-0.3, -0.25) is 9.59 Å². The lowest BCUT2D eigenvalue weighted by Gasteiger charge is -2.23. The number of rotatable bonds is 2. The molecule has 0 bridgehead atoms. The van der Waals surface area contributed by atoms with Crippen LogP contribution in [0.1, 0.15) is 11.1 Å². The molecule has 0 aliphatic carbocycles. The number of hydrogen-bond acceptors (Lipinski definition) is 2. The normalized spacial score (nSPS) is 19.1. The summed E-state index contributed by atoms with van der Waals surface area (Å²) in [5, 5.41) is 5.19. The lowest BCUT2D eigenvalue weighted by atomic mass is 10.0. The first-order valence-corrected chi connectivity index (χ1v) is 5.31. The fourth-order valence-corrected chi connectivity index (χ4v) is 1.72. The average Bonchev–Trinajstić information content (AvgIpc) is 2.35. The molecule has 4 heteroatoms. The highest BCUT2D eigenvalue weighted by atomic mass is 16.2. The van der Waals surface area contributed by atoms with Crippen molar-refractivity contribution in [1.29, 1.82) is 0 Å². The molecule has 1 aromatic carbocycles. The number of amides is 2. The van der Waals surface area contributed by atoms with Crippen LogP contribution in [-0.2, 0) is 16.0 Å². The Balaban J connectivity index is 2.06. The van der Waals surface area contributed by atoms with Crippen molar-refractivity contribution in [2.45, 2.75) is 12.5 Å². The molecule has 0 spiro atoms. The molecular weight excluding hydrogens is 216 g/mol. The van der Waals surface area contributed by atoms with Crippen LogP contribution in [0, 0.1) is 12.3 Å². The topological polar surface area (TPSA) is 58.2 Å². The zero-order chi connectivity index (χ0) is 12.3. The summed E-state index contributed by atoms with van der Waals surface area (Å²) in [6, 6.07) is 6.87. The van der Waals surface area contributed by atoms with Crippen LogP contribution in [0.25, 0.3) is 0 Å². The van der Waals surface area contributed by atoms with E-state index in [1.54, 1.807) is 0 Å². The van der Waals surface area contributed by atoms with Gasteiger partial charge in [-0.2, -0.15) is 0 Å². The zero-order valence-electron chi connectivity index (χ0n) is 9.19. The summed E-state index contributed by atoms with van der Waals surface area (Å²) in [6.07, 6.45) is 5.73. The minimum absolute atomic E-state index is 0.0609. The molecule has 4 nitrogen and oxygen atoms in total. The van der Waals surface area contributed by atoms with Crippen molar-refractivity contribution < 1.29 is 9.59 Å². The molecule has 1 aliphatic rings. The molecule has 2 rings (SSSR count). The molecule has 0 unspecified atom stereocenters. The Kier molecular flexibility index (Phi) is 3.10. The zero-order valence-corrected chi connectivity index (χ0v) is 9.19. The Morgan fingerprint density at radius 3 is 2.65 bits per heavy atom. The molecule has 1 heterocycles. The summed E-state index contributed by atoms with van der Waals surface area (Å²) in [6.45, 7) is 0.0609. The summed E-state index contributed by atoms with van der Waals surface area (Å²) in [5.41, 5.74) is 1.76. The Labute approximate surface area is 99.4 Å². The minimum atomic E-state index is -0.493. The summed E-state index contributed by atoms with van der Waals surface area (Å²) in [7, 11) is 0. The Bertz CT molecular complexity index is 485. The van der Waals surface area contributed by atoms with Gasteiger partial charge in [0.15, 0.2) is 0 Å². The highest BCUT2D eigenvalue weighted by Gasteiger charge is 2.25. The fraction of sp³-hybridized carbons (Fsp3) is 0.231. The molecule has 1 fully saturated rings. The molecule has 1 aromatic rings. The van der Waals surface area contributed by atoms with Crippen LogP contribution in [0.2, 0.25) is 0 Å². The predicted molar refractivity (Wildman–Crippen MR) is 63.0 cm³/mol. The van der Waals surface area contributed by atoms with Crippen molar-refractivity contribution in [3.05, 3.63) is 35.4 Å². The smallest absolute Gasteiger partial charge is 0.243 e. The number of benzene rings is 1. The molecule has 0 aromatic heterocycles. The second-order valence-corrected chi connectivity index (χ2v) is 3.88. The molecule has 86 valence electrons. The van der Waals surface area contributed by atoms with Gasteiger partial charge in [0, 0.05) is 12.0 Å². The summed E-state index contributed by atoms with van der Waals surface area (Å²) < 4.78 is 0. The van der Waals surface area contributed by atoms with E-state index in [1.165, 1.54) is 0 Å². The lowest BCUT2D eigenvalue weighted by Crippen LogP contribution is -2.56. The molecule has 1 aliphatic heterocycles. The average molecular weight is 228 g/mol. The maximum atomic E-state index is 11.5. The van der Waals surface area contributed by atoms with Gasteiger partial charge in [0.1, 0.15) is 6.04 Å². The fourth-order valence-electron chi connectivity index (χ4n) is 1.72. The van der Waals surface area contributed by atoms with Gasteiger partial charge in [0.25, 0.3) is 0 Å². The van der Waals surface area contributed by atoms with Crippen molar-refractivity contribution in [3.8, 4) is 12.3 Å². The van der Waals surface area contributed by atoms with Crippen LogP contribution in [-0.4, -0.2) is 24.4 Å². The lowest BCUT2D eigenvalue weighted by molar-refractivity contribution is -0.133. The van der Waals surface area contributed by atoms with Crippen molar-refractivity contribution in [3.63, 3.8) is 0 Å². The third kappa shape index (κ3) is 2.64. The standard InChI is InChI=1S/C13H12N2O2/c1-2-9-3-5-10(6-4-9)7-11-13(17)14-8-12(16)15-11/h1,3-6,11H,7-8H2,(H,14,17)(H,15,16)/t11-/m0/s1. The van der Waals surface area contributed by atoms with Crippen LogP contribution in [0.4, 0.5) is 0 Å². The number of hydrogen-bond donors (Lipinski definition) is 2. The molecule has 17 heavy (non-hydrogen) atoms. The maximum Gasteiger partial charge on any atom is 0.243 e. The van der Waals surface area contributed by atoms with Crippen molar-refractivity contribution in [2.24, 2.45) is 0 Å². The summed E-state index contributed by atoms with van der Waals surface area (Å²) in [4.78, 5) is 22.7. The summed E-state index contributed by atoms with van der Waals surface area (Å²) in [5.74, 6) is 2.22. The van der Waals surface area contributed by atoms with Crippen molar-refractivity contribution in [1.82, 2.24) is 10.6 Å². The second-order valence-electron chi connectivity index (χ2n) is 3.88. The van der Waals surface area contributed by atoms with Crippen LogP contribution in [0.3, 0.4) is 0 Å². The first-order chi connectivity index (χ1) is 8.19. The van der Waals surface area contributed by atoms with Crippen LogP contribution < -0.4 is 10.6 Å². The minimum Gasteiger partial charge on any atom is -0.345 e. The van der Waals surface area contributed by atoms with Gasteiger partial charge in [-0.25, -0.2) is 0 Å².